The molecule has 0 radical (unpaired) electrons. The summed E-state index contributed by atoms with van der Waals surface area (Å²) in [7, 11) is 1.61. The molecule has 33 heavy (non-hydrogen) atoms. The molecule has 0 unspecified atom stereocenters. The molecule has 0 aliphatic rings. The van der Waals surface area contributed by atoms with Crippen LogP contribution in [-0.2, 0) is 13.5 Å². The number of hydrogen-bond acceptors (Lipinski definition) is 5. The average Bonchev–Trinajstić information content (AvgIpc) is 2.78. The number of rotatable bonds is 5. The summed E-state index contributed by atoms with van der Waals surface area (Å²) in [5.74, 6) is -0.155. The van der Waals surface area contributed by atoms with Crippen molar-refractivity contribution in [3.05, 3.63) is 87.1 Å². The molecule has 0 saturated carbocycles. The maximum atomic E-state index is 13.2. The predicted molar refractivity (Wildman–Crippen MR) is 118 cm³/mol. The van der Waals surface area contributed by atoms with Gasteiger partial charge in [0.05, 0.1) is 11.1 Å². The monoisotopic (exact) mass is 456 g/mol. The Bertz CT molecular complexity index is 1440. The Labute approximate surface area is 185 Å². The minimum atomic E-state index is -4.82. The summed E-state index contributed by atoms with van der Waals surface area (Å²) in [6.07, 6.45) is -2.48. The Kier molecular flexibility index (Phi) is 5.67. The first-order valence-electron chi connectivity index (χ1n) is 10.0. The molecule has 10 heteroatoms. The van der Waals surface area contributed by atoms with Crippen LogP contribution in [-0.4, -0.2) is 20.7 Å². The Morgan fingerprint density at radius 3 is 2.39 bits per heavy atom. The predicted octanol–water partition coefficient (Wildman–Crippen LogP) is 4.29. The van der Waals surface area contributed by atoms with E-state index in [1.54, 1.807) is 31.4 Å². The van der Waals surface area contributed by atoms with Crippen molar-refractivity contribution in [2.75, 3.05) is 5.32 Å². The molecule has 2 aromatic carbocycles. The number of nitrogens with one attached hydrogen (secondary N) is 1. The van der Waals surface area contributed by atoms with Gasteiger partial charge in [-0.05, 0) is 60.5 Å². The summed E-state index contributed by atoms with van der Waals surface area (Å²) in [4.78, 5) is 25.7. The van der Waals surface area contributed by atoms with Crippen LogP contribution in [0.2, 0.25) is 0 Å². The highest BCUT2D eigenvalue weighted by molar-refractivity contribution is 5.93. The Balaban J connectivity index is 1.87. The standard InChI is InChI=1S/C23H19F3N4O3/c1-3-14-6-11-17-18(13-14)20(27-19-5-4-12-29(2)22(19)32)28-30(21(17)31)15-7-9-16(10-8-15)33-23(24,25)26/h4-13H,3H2,1-2H3,(H,27,28). The van der Waals surface area contributed by atoms with Crippen molar-refractivity contribution >= 4 is 22.3 Å². The van der Waals surface area contributed by atoms with Crippen molar-refractivity contribution in [2.24, 2.45) is 7.05 Å². The molecule has 4 rings (SSSR count). The van der Waals surface area contributed by atoms with Crippen LogP contribution >= 0.6 is 0 Å². The van der Waals surface area contributed by atoms with Gasteiger partial charge in [0.15, 0.2) is 5.82 Å². The van der Waals surface area contributed by atoms with E-state index in [-0.39, 0.29) is 22.8 Å². The van der Waals surface area contributed by atoms with Crippen molar-refractivity contribution in [1.82, 2.24) is 14.3 Å². The van der Waals surface area contributed by atoms with E-state index in [1.807, 2.05) is 19.1 Å². The van der Waals surface area contributed by atoms with E-state index in [0.29, 0.717) is 10.8 Å². The number of pyridine rings is 1. The normalized spacial score (nSPS) is 11.5. The summed E-state index contributed by atoms with van der Waals surface area (Å²) in [6, 6.07) is 13.4. The molecule has 1 N–H and O–H groups in total. The van der Waals surface area contributed by atoms with E-state index < -0.39 is 17.7 Å². The third-order valence-electron chi connectivity index (χ3n) is 5.06. The smallest absolute Gasteiger partial charge is 0.406 e. The van der Waals surface area contributed by atoms with Gasteiger partial charge in [-0.25, -0.2) is 0 Å². The van der Waals surface area contributed by atoms with E-state index in [4.69, 9.17) is 0 Å². The Hall–Kier alpha value is -4.08. The van der Waals surface area contributed by atoms with Gasteiger partial charge in [0.2, 0.25) is 0 Å². The van der Waals surface area contributed by atoms with Gasteiger partial charge >= 0.3 is 6.36 Å². The maximum Gasteiger partial charge on any atom is 0.573 e. The molecule has 0 spiro atoms. The molecule has 2 heterocycles. The average molecular weight is 456 g/mol. The zero-order valence-corrected chi connectivity index (χ0v) is 17.7. The van der Waals surface area contributed by atoms with Gasteiger partial charge in [-0.2, -0.15) is 4.68 Å². The molecular formula is C23H19F3N4O3. The quantitative estimate of drug-likeness (QED) is 0.485. The van der Waals surface area contributed by atoms with Crippen molar-refractivity contribution in [3.63, 3.8) is 0 Å². The van der Waals surface area contributed by atoms with Gasteiger partial charge in [-0.3, -0.25) is 9.59 Å². The molecule has 4 aromatic rings. The maximum absolute atomic E-state index is 13.2. The largest absolute Gasteiger partial charge is 0.573 e. The SMILES string of the molecule is CCc1ccc2c(=O)n(-c3ccc(OC(F)(F)F)cc3)nc(Nc3cccn(C)c3=O)c2c1. The van der Waals surface area contributed by atoms with Crippen LogP contribution in [0.25, 0.3) is 16.5 Å². The Morgan fingerprint density at radius 1 is 1.00 bits per heavy atom. The third kappa shape index (κ3) is 4.59. The van der Waals surface area contributed by atoms with Crippen LogP contribution in [0.15, 0.2) is 70.4 Å². The molecule has 0 aliphatic heterocycles. The second-order valence-electron chi connectivity index (χ2n) is 7.30. The zero-order valence-electron chi connectivity index (χ0n) is 17.7. The molecule has 0 atom stereocenters. The highest BCUT2D eigenvalue weighted by Crippen LogP contribution is 2.26. The molecule has 0 amide bonds. The fourth-order valence-electron chi connectivity index (χ4n) is 3.38. The van der Waals surface area contributed by atoms with Gasteiger partial charge in [-0.15, -0.1) is 18.3 Å². The molecular weight excluding hydrogens is 437 g/mol. The van der Waals surface area contributed by atoms with E-state index in [1.165, 1.54) is 16.7 Å². The number of nitrogens with zero attached hydrogens (tertiary/aromatic N) is 3. The highest BCUT2D eigenvalue weighted by atomic mass is 19.4. The summed E-state index contributed by atoms with van der Waals surface area (Å²) >= 11 is 0. The second kappa shape index (κ2) is 8.45. The fraction of sp³-hybridized carbons (Fsp3) is 0.174. The van der Waals surface area contributed by atoms with Gasteiger partial charge in [0, 0.05) is 18.6 Å². The third-order valence-corrected chi connectivity index (χ3v) is 5.06. The molecule has 2 aromatic heterocycles. The van der Waals surface area contributed by atoms with Gasteiger partial charge in [0.1, 0.15) is 11.4 Å². The number of alkyl halides is 3. The van der Waals surface area contributed by atoms with Crippen LogP contribution in [0.1, 0.15) is 12.5 Å². The van der Waals surface area contributed by atoms with Gasteiger partial charge in [-0.1, -0.05) is 13.0 Å². The number of fused-ring (bicyclic) bond motifs is 1. The van der Waals surface area contributed by atoms with Crippen molar-refractivity contribution in [1.29, 1.82) is 0 Å². The van der Waals surface area contributed by atoms with Gasteiger partial charge < -0.3 is 14.6 Å². The van der Waals surface area contributed by atoms with Crippen LogP contribution in [0.4, 0.5) is 24.7 Å². The van der Waals surface area contributed by atoms with E-state index in [0.717, 1.165) is 28.8 Å². The number of halogens is 3. The van der Waals surface area contributed by atoms with Crippen molar-refractivity contribution in [3.8, 4) is 11.4 Å². The van der Waals surface area contributed by atoms with E-state index in [2.05, 4.69) is 15.2 Å². The molecule has 170 valence electrons. The van der Waals surface area contributed by atoms with Gasteiger partial charge in [0.25, 0.3) is 11.1 Å². The summed E-state index contributed by atoms with van der Waals surface area (Å²) < 4.78 is 43.7. The topological polar surface area (TPSA) is 78.2 Å². The lowest BCUT2D eigenvalue weighted by Crippen LogP contribution is -2.24. The van der Waals surface area contributed by atoms with Crippen molar-refractivity contribution in [2.45, 2.75) is 19.7 Å². The zero-order chi connectivity index (χ0) is 23.8. The Morgan fingerprint density at radius 2 is 1.73 bits per heavy atom. The summed E-state index contributed by atoms with van der Waals surface area (Å²) in [5.41, 5.74) is 0.725. The first kappa shape index (κ1) is 22.1. The lowest BCUT2D eigenvalue weighted by atomic mass is 10.1. The number of ether oxygens (including phenoxy) is 1. The molecule has 0 bridgehead atoms. The number of aromatic nitrogens is 3. The van der Waals surface area contributed by atoms with Crippen molar-refractivity contribution < 1.29 is 17.9 Å². The minimum absolute atomic E-state index is 0.236. The lowest BCUT2D eigenvalue weighted by molar-refractivity contribution is -0.274. The lowest BCUT2D eigenvalue weighted by Gasteiger charge is -2.14. The molecule has 0 aliphatic carbocycles. The van der Waals surface area contributed by atoms with E-state index in [9.17, 15) is 22.8 Å². The minimum Gasteiger partial charge on any atom is -0.406 e. The molecule has 0 fully saturated rings. The number of benzene rings is 2. The second-order valence-corrected chi connectivity index (χ2v) is 7.30. The fourth-order valence-corrected chi connectivity index (χ4v) is 3.38. The molecule has 7 nitrogen and oxygen atoms in total. The summed E-state index contributed by atoms with van der Waals surface area (Å²) in [6.45, 7) is 1.97. The first-order valence-corrected chi connectivity index (χ1v) is 10.0. The number of anilines is 2. The highest BCUT2D eigenvalue weighted by Gasteiger charge is 2.31. The number of aryl methyl sites for hydroxylation is 2. The van der Waals surface area contributed by atoms with Crippen LogP contribution in [0, 0.1) is 0 Å². The first-order chi connectivity index (χ1) is 15.7. The number of hydrogen-bond donors (Lipinski definition) is 1. The van der Waals surface area contributed by atoms with E-state index >= 15 is 0 Å². The van der Waals surface area contributed by atoms with Crippen LogP contribution < -0.4 is 21.2 Å². The summed E-state index contributed by atoms with van der Waals surface area (Å²) in [5, 5.41) is 8.28. The molecule has 0 saturated heterocycles. The van der Waals surface area contributed by atoms with Crippen LogP contribution in [0.5, 0.6) is 5.75 Å². The van der Waals surface area contributed by atoms with Crippen LogP contribution in [0.3, 0.4) is 0 Å².